The van der Waals surface area contributed by atoms with Crippen LogP contribution in [0.2, 0.25) is 0 Å². The molecule has 0 bridgehead atoms. The van der Waals surface area contributed by atoms with E-state index in [4.69, 9.17) is 14.9 Å². The Morgan fingerprint density at radius 1 is 0.750 bits per heavy atom. The van der Waals surface area contributed by atoms with Crippen LogP contribution in [0.25, 0.3) is 0 Å². The number of amides is 2. The van der Waals surface area contributed by atoms with E-state index < -0.39 is 43.2 Å². The standard InChI is InChI=1S/C34H52N2O8/c1-3-4-5-6-7-8-9-10-11-12-13-14-15-16-17-18-19-23-31(39)35-26-21-20-22-30(34(42)44-29(27-37)28-38)36-32(40)24-25-33(41)43-2/h4-5,7-8,10-11,13-14,16-17,24-25,29-30,37-38H,3,6,9,12,15,18-23,26-28H2,1-2H3,(H,35,39)(H,36,40). The van der Waals surface area contributed by atoms with E-state index in [1.807, 2.05) is 0 Å². The highest BCUT2D eigenvalue weighted by Crippen LogP contribution is 2.06. The van der Waals surface area contributed by atoms with E-state index in [0.717, 1.165) is 57.1 Å². The Labute approximate surface area is 262 Å². The van der Waals surface area contributed by atoms with E-state index in [0.29, 0.717) is 25.8 Å². The maximum Gasteiger partial charge on any atom is 0.330 e. The van der Waals surface area contributed by atoms with E-state index >= 15 is 0 Å². The van der Waals surface area contributed by atoms with Crippen molar-refractivity contribution in [2.75, 3.05) is 26.9 Å². The summed E-state index contributed by atoms with van der Waals surface area (Å²) >= 11 is 0. The first kappa shape index (κ1) is 40.2. The fourth-order valence-electron chi connectivity index (χ4n) is 3.60. The fourth-order valence-corrected chi connectivity index (χ4v) is 3.60. The summed E-state index contributed by atoms with van der Waals surface area (Å²) in [4.78, 5) is 47.8. The smallest absolute Gasteiger partial charge is 0.330 e. The third-order valence-corrected chi connectivity index (χ3v) is 6.04. The van der Waals surface area contributed by atoms with Gasteiger partial charge in [0.25, 0.3) is 0 Å². The molecule has 4 N–H and O–H groups in total. The molecule has 10 nitrogen and oxygen atoms in total. The van der Waals surface area contributed by atoms with Crippen molar-refractivity contribution in [3.63, 3.8) is 0 Å². The van der Waals surface area contributed by atoms with Crippen molar-refractivity contribution in [2.24, 2.45) is 0 Å². The Hall–Kier alpha value is -3.76. The quantitative estimate of drug-likeness (QED) is 0.0513. The zero-order valence-corrected chi connectivity index (χ0v) is 26.3. The van der Waals surface area contributed by atoms with Gasteiger partial charge in [-0.3, -0.25) is 9.59 Å². The Kier molecular flexibility index (Phi) is 26.8. The summed E-state index contributed by atoms with van der Waals surface area (Å²) in [6.45, 7) is 1.40. The minimum atomic E-state index is -1.11. The number of allylic oxidation sites excluding steroid dienone is 10. The summed E-state index contributed by atoms with van der Waals surface area (Å²) in [6.07, 6.45) is 30.2. The lowest BCUT2D eigenvalue weighted by molar-refractivity contribution is -0.157. The molecule has 0 aromatic carbocycles. The van der Waals surface area contributed by atoms with Gasteiger partial charge in [0.2, 0.25) is 11.8 Å². The van der Waals surface area contributed by atoms with Crippen molar-refractivity contribution in [1.29, 1.82) is 0 Å². The normalized spacial score (nSPS) is 12.8. The zero-order valence-electron chi connectivity index (χ0n) is 26.3. The molecule has 0 fully saturated rings. The molecule has 0 rings (SSSR count). The Morgan fingerprint density at radius 2 is 1.32 bits per heavy atom. The van der Waals surface area contributed by atoms with E-state index in [1.54, 1.807) is 0 Å². The maximum atomic E-state index is 12.4. The van der Waals surface area contributed by atoms with Crippen LogP contribution >= 0.6 is 0 Å². The van der Waals surface area contributed by atoms with Gasteiger partial charge in [-0.05, 0) is 64.2 Å². The summed E-state index contributed by atoms with van der Waals surface area (Å²) in [6, 6.07) is -1.07. The molecule has 10 heteroatoms. The summed E-state index contributed by atoms with van der Waals surface area (Å²) in [7, 11) is 1.17. The molecule has 0 aliphatic rings. The molecule has 0 spiro atoms. The predicted octanol–water partition coefficient (Wildman–Crippen LogP) is 4.31. The van der Waals surface area contributed by atoms with Crippen LogP contribution in [0.5, 0.6) is 0 Å². The molecular weight excluding hydrogens is 564 g/mol. The van der Waals surface area contributed by atoms with E-state index in [1.165, 1.54) is 7.11 Å². The minimum absolute atomic E-state index is 0.0525. The van der Waals surface area contributed by atoms with Crippen molar-refractivity contribution in [3.05, 3.63) is 72.9 Å². The lowest BCUT2D eigenvalue weighted by Crippen LogP contribution is -2.43. The van der Waals surface area contributed by atoms with Crippen molar-refractivity contribution in [2.45, 2.75) is 89.7 Å². The molecule has 0 aromatic heterocycles. The molecule has 0 aromatic rings. The van der Waals surface area contributed by atoms with Gasteiger partial charge in [-0.25, -0.2) is 9.59 Å². The van der Waals surface area contributed by atoms with Gasteiger partial charge in [-0.1, -0.05) is 67.7 Å². The number of carbonyl (C=O) groups excluding carboxylic acids is 4. The SMILES string of the molecule is CCC=CCC=CCC=CCC=CCC=CCCCC(=O)NCCCCC(NC(=O)C=CC(=O)OC)C(=O)OC(CO)CO. The highest BCUT2D eigenvalue weighted by molar-refractivity contribution is 5.96. The fraction of sp³-hybridized carbons (Fsp3) is 0.529. The molecular formula is C34H52N2O8. The second kappa shape index (κ2) is 29.3. The summed E-state index contributed by atoms with van der Waals surface area (Å²) < 4.78 is 9.45. The first-order valence-electron chi connectivity index (χ1n) is 15.4. The molecule has 246 valence electrons. The molecule has 0 saturated carbocycles. The molecule has 2 amide bonds. The summed E-state index contributed by atoms with van der Waals surface area (Å²) in [5.74, 6) is -2.31. The van der Waals surface area contributed by atoms with Crippen molar-refractivity contribution < 1.29 is 38.9 Å². The largest absolute Gasteiger partial charge is 0.466 e. The van der Waals surface area contributed by atoms with Gasteiger partial charge < -0.3 is 30.3 Å². The second-order valence-corrected chi connectivity index (χ2v) is 9.79. The van der Waals surface area contributed by atoms with Crippen LogP contribution in [0.15, 0.2) is 72.9 Å². The van der Waals surface area contributed by atoms with Crippen LogP contribution in [-0.4, -0.2) is 73.0 Å². The minimum Gasteiger partial charge on any atom is -0.466 e. The highest BCUT2D eigenvalue weighted by atomic mass is 16.6. The molecule has 0 saturated heterocycles. The summed E-state index contributed by atoms with van der Waals surface area (Å²) in [5.41, 5.74) is 0. The Bertz CT molecular complexity index is 978. The van der Waals surface area contributed by atoms with E-state index in [9.17, 15) is 19.2 Å². The lowest BCUT2D eigenvalue weighted by atomic mass is 10.1. The van der Waals surface area contributed by atoms with Crippen molar-refractivity contribution >= 4 is 23.8 Å². The molecule has 0 aliphatic carbocycles. The van der Waals surface area contributed by atoms with Gasteiger partial charge in [0, 0.05) is 25.1 Å². The molecule has 0 heterocycles. The number of nitrogens with one attached hydrogen (secondary N) is 2. The van der Waals surface area contributed by atoms with Gasteiger partial charge in [0.05, 0.1) is 20.3 Å². The van der Waals surface area contributed by atoms with E-state index in [-0.39, 0.29) is 12.3 Å². The number of aliphatic hydroxyl groups is 2. The first-order valence-corrected chi connectivity index (χ1v) is 15.4. The molecule has 0 radical (unpaired) electrons. The molecule has 0 aliphatic heterocycles. The number of ether oxygens (including phenoxy) is 2. The number of hydrogen-bond donors (Lipinski definition) is 4. The van der Waals surface area contributed by atoms with Crippen LogP contribution in [0.4, 0.5) is 0 Å². The van der Waals surface area contributed by atoms with Gasteiger partial charge in [-0.15, -0.1) is 0 Å². The van der Waals surface area contributed by atoms with Crippen LogP contribution < -0.4 is 10.6 Å². The number of carbonyl (C=O) groups is 4. The number of esters is 2. The lowest BCUT2D eigenvalue weighted by Gasteiger charge is -2.20. The molecule has 1 atom stereocenters. The maximum absolute atomic E-state index is 12.4. The van der Waals surface area contributed by atoms with Crippen LogP contribution in [-0.2, 0) is 28.7 Å². The van der Waals surface area contributed by atoms with Crippen LogP contribution in [0.3, 0.4) is 0 Å². The van der Waals surface area contributed by atoms with E-state index in [2.05, 4.69) is 83.1 Å². The van der Waals surface area contributed by atoms with Gasteiger partial charge in [0.1, 0.15) is 12.1 Å². The number of rotatable bonds is 25. The first-order chi connectivity index (χ1) is 21.4. The number of aliphatic hydroxyl groups excluding tert-OH is 2. The van der Waals surface area contributed by atoms with Gasteiger partial charge in [0.15, 0.2) is 0 Å². The third-order valence-electron chi connectivity index (χ3n) is 6.04. The number of hydrogen-bond acceptors (Lipinski definition) is 8. The molecule has 44 heavy (non-hydrogen) atoms. The zero-order chi connectivity index (χ0) is 32.7. The Morgan fingerprint density at radius 3 is 1.86 bits per heavy atom. The predicted molar refractivity (Wildman–Crippen MR) is 172 cm³/mol. The highest BCUT2D eigenvalue weighted by Gasteiger charge is 2.24. The topological polar surface area (TPSA) is 151 Å². The monoisotopic (exact) mass is 616 g/mol. The van der Waals surface area contributed by atoms with Crippen LogP contribution in [0, 0.1) is 0 Å². The third kappa shape index (κ3) is 24.8. The summed E-state index contributed by atoms with van der Waals surface area (Å²) in [5, 5.41) is 23.6. The van der Waals surface area contributed by atoms with Crippen molar-refractivity contribution in [3.8, 4) is 0 Å². The van der Waals surface area contributed by atoms with Gasteiger partial charge >= 0.3 is 11.9 Å². The second-order valence-electron chi connectivity index (χ2n) is 9.79. The average molecular weight is 617 g/mol. The van der Waals surface area contributed by atoms with Crippen molar-refractivity contribution in [1.82, 2.24) is 10.6 Å². The van der Waals surface area contributed by atoms with Crippen LogP contribution in [0.1, 0.15) is 77.6 Å². The van der Waals surface area contributed by atoms with Gasteiger partial charge in [-0.2, -0.15) is 0 Å². The number of methoxy groups -OCH3 is 1. The Balaban J connectivity index is 4.19. The number of unbranched alkanes of at least 4 members (excludes halogenated alkanes) is 2. The molecule has 1 unspecified atom stereocenters. The average Bonchev–Trinajstić information content (AvgIpc) is 3.02.